The number of methoxy groups -OCH3 is 2. The lowest BCUT2D eigenvalue weighted by Gasteiger charge is -2.11. The van der Waals surface area contributed by atoms with E-state index in [-0.39, 0.29) is 11.8 Å². The standard InChI is InChI=1S/C18H21FN2O3/c1-12-10-14(19)5-6-15(12)21-18(22)20-9-8-13-4-7-16(23-2)17(11-13)24-3/h4-7,10-11H,8-9H2,1-3H3,(H2,20,21,22). The van der Waals surface area contributed by atoms with Crippen molar-refractivity contribution in [2.24, 2.45) is 0 Å². The molecule has 0 aliphatic carbocycles. The molecule has 5 nitrogen and oxygen atoms in total. The highest BCUT2D eigenvalue weighted by atomic mass is 19.1. The molecule has 2 rings (SSSR count). The molecule has 0 spiro atoms. The van der Waals surface area contributed by atoms with Crippen molar-refractivity contribution in [3.05, 3.63) is 53.3 Å². The highest BCUT2D eigenvalue weighted by molar-refractivity contribution is 5.90. The monoisotopic (exact) mass is 332 g/mol. The van der Waals surface area contributed by atoms with Crippen molar-refractivity contribution >= 4 is 11.7 Å². The van der Waals surface area contributed by atoms with Gasteiger partial charge in [-0.25, -0.2) is 9.18 Å². The van der Waals surface area contributed by atoms with Crippen LogP contribution in [-0.2, 0) is 6.42 Å². The fraction of sp³-hybridized carbons (Fsp3) is 0.278. The van der Waals surface area contributed by atoms with Gasteiger partial charge in [-0.2, -0.15) is 0 Å². The van der Waals surface area contributed by atoms with Gasteiger partial charge in [0.15, 0.2) is 11.5 Å². The average molecular weight is 332 g/mol. The Labute approximate surface area is 140 Å². The van der Waals surface area contributed by atoms with Gasteiger partial charge in [-0.3, -0.25) is 0 Å². The maximum Gasteiger partial charge on any atom is 0.319 e. The molecule has 0 atom stereocenters. The minimum Gasteiger partial charge on any atom is -0.493 e. The number of ether oxygens (including phenoxy) is 2. The smallest absolute Gasteiger partial charge is 0.319 e. The van der Waals surface area contributed by atoms with Gasteiger partial charge in [0.05, 0.1) is 14.2 Å². The van der Waals surface area contributed by atoms with Crippen LogP contribution in [0.3, 0.4) is 0 Å². The molecule has 0 fully saturated rings. The Morgan fingerprint density at radius 3 is 2.50 bits per heavy atom. The summed E-state index contributed by atoms with van der Waals surface area (Å²) in [5.41, 5.74) is 2.27. The van der Waals surface area contributed by atoms with Crippen molar-refractivity contribution in [2.45, 2.75) is 13.3 Å². The molecule has 0 radical (unpaired) electrons. The van der Waals surface area contributed by atoms with E-state index in [1.807, 2.05) is 18.2 Å². The normalized spacial score (nSPS) is 10.2. The van der Waals surface area contributed by atoms with E-state index in [4.69, 9.17) is 9.47 Å². The van der Waals surface area contributed by atoms with Gasteiger partial charge in [-0.1, -0.05) is 6.07 Å². The number of urea groups is 1. The summed E-state index contributed by atoms with van der Waals surface area (Å²) in [5, 5.41) is 5.47. The first-order valence-electron chi connectivity index (χ1n) is 7.55. The Morgan fingerprint density at radius 1 is 1.08 bits per heavy atom. The van der Waals surface area contributed by atoms with Gasteiger partial charge in [0.25, 0.3) is 0 Å². The molecule has 0 bridgehead atoms. The summed E-state index contributed by atoms with van der Waals surface area (Å²) in [6, 6.07) is 9.53. The Morgan fingerprint density at radius 2 is 1.83 bits per heavy atom. The number of hydrogen-bond acceptors (Lipinski definition) is 3. The summed E-state index contributed by atoms with van der Waals surface area (Å²) in [4.78, 5) is 11.9. The number of carbonyl (C=O) groups excluding carboxylic acids is 1. The summed E-state index contributed by atoms with van der Waals surface area (Å²) in [6.07, 6.45) is 0.649. The van der Waals surface area contributed by atoms with E-state index < -0.39 is 0 Å². The zero-order valence-corrected chi connectivity index (χ0v) is 14.0. The topological polar surface area (TPSA) is 59.6 Å². The Bertz CT molecular complexity index is 719. The molecule has 0 aromatic heterocycles. The summed E-state index contributed by atoms with van der Waals surface area (Å²) >= 11 is 0. The van der Waals surface area contributed by atoms with Crippen LogP contribution in [0.1, 0.15) is 11.1 Å². The highest BCUT2D eigenvalue weighted by Gasteiger charge is 2.07. The summed E-state index contributed by atoms with van der Waals surface area (Å²) in [6.45, 7) is 2.20. The Kier molecular flexibility index (Phi) is 6.01. The van der Waals surface area contributed by atoms with Crippen molar-refractivity contribution in [2.75, 3.05) is 26.1 Å². The van der Waals surface area contributed by atoms with E-state index in [2.05, 4.69) is 10.6 Å². The van der Waals surface area contributed by atoms with E-state index in [0.29, 0.717) is 35.7 Å². The SMILES string of the molecule is COc1ccc(CCNC(=O)Nc2ccc(F)cc2C)cc1OC. The van der Waals surface area contributed by atoms with Crippen molar-refractivity contribution in [3.8, 4) is 11.5 Å². The van der Waals surface area contributed by atoms with E-state index in [1.165, 1.54) is 12.1 Å². The Balaban J connectivity index is 1.86. The summed E-state index contributed by atoms with van der Waals surface area (Å²) in [7, 11) is 3.17. The molecule has 0 heterocycles. The molecule has 0 aliphatic heterocycles. The maximum absolute atomic E-state index is 13.0. The van der Waals surface area contributed by atoms with Gasteiger partial charge in [0.2, 0.25) is 0 Å². The third-order valence-corrected chi connectivity index (χ3v) is 3.58. The van der Waals surface area contributed by atoms with E-state index in [9.17, 15) is 9.18 Å². The molecular weight excluding hydrogens is 311 g/mol. The van der Waals surface area contributed by atoms with Crippen LogP contribution in [0.2, 0.25) is 0 Å². The second kappa shape index (κ2) is 8.19. The lowest BCUT2D eigenvalue weighted by atomic mass is 10.1. The fourth-order valence-electron chi connectivity index (χ4n) is 2.29. The summed E-state index contributed by atoms with van der Waals surface area (Å²) in [5.74, 6) is 0.993. The second-order valence-electron chi connectivity index (χ2n) is 5.28. The first-order chi connectivity index (χ1) is 11.5. The number of carbonyl (C=O) groups is 1. The molecule has 0 saturated carbocycles. The van der Waals surface area contributed by atoms with Gasteiger partial charge in [-0.15, -0.1) is 0 Å². The van der Waals surface area contributed by atoms with Crippen LogP contribution in [0.4, 0.5) is 14.9 Å². The van der Waals surface area contributed by atoms with Crippen LogP contribution in [-0.4, -0.2) is 26.8 Å². The number of rotatable bonds is 6. The van der Waals surface area contributed by atoms with E-state index in [0.717, 1.165) is 5.56 Å². The van der Waals surface area contributed by atoms with Crippen LogP contribution < -0.4 is 20.1 Å². The lowest BCUT2D eigenvalue weighted by Crippen LogP contribution is -2.30. The van der Waals surface area contributed by atoms with Crippen LogP contribution in [0.15, 0.2) is 36.4 Å². The number of halogens is 1. The number of amides is 2. The third-order valence-electron chi connectivity index (χ3n) is 3.58. The fourth-order valence-corrected chi connectivity index (χ4v) is 2.29. The molecule has 2 aromatic carbocycles. The number of aryl methyl sites for hydroxylation is 1. The molecule has 2 N–H and O–H groups in total. The first kappa shape index (κ1) is 17.6. The van der Waals surface area contributed by atoms with Gasteiger partial charge < -0.3 is 20.1 Å². The van der Waals surface area contributed by atoms with Crippen LogP contribution in [0, 0.1) is 12.7 Å². The predicted octanol–water partition coefficient (Wildman–Crippen LogP) is 3.52. The Hall–Kier alpha value is -2.76. The number of anilines is 1. The minimum absolute atomic E-state index is 0.327. The van der Waals surface area contributed by atoms with E-state index >= 15 is 0 Å². The van der Waals surface area contributed by atoms with E-state index in [1.54, 1.807) is 27.2 Å². The van der Waals surface area contributed by atoms with Crippen LogP contribution in [0.5, 0.6) is 11.5 Å². The molecule has 0 unspecified atom stereocenters. The molecule has 2 amide bonds. The average Bonchev–Trinajstić information content (AvgIpc) is 2.57. The van der Waals surface area contributed by atoms with Crippen molar-refractivity contribution < 1.29 is 18.7 Å². The lowest BCUT2D eigenvalue weighted by molar-refractivity contribution is 0.252. The van der Waals surface area contributed by atoms with Gasteiger partial charge in [-0.05, 0) is 54.8 Å². The van der Waals surface area contributed by atoms with Crippen molar-refractivity contribution in [3.63, 3.8) is 0 Å². The summed E-state index contributed by atoms with van der Waals surface area (Å²) < 4.78 is 23.5. The molecule has 2 aromatic rings. The van der Waals surface area contributed by atoms with Crippen molar-refractivity contribution in [1.82, 2.24) is 5.32 Å². The quantitative estimate of drug-likeness (QED) is 0.851. The largest absolute Gasteiger partial charge is 0.493 e. The molecule has 128 valence electrons. The van der Waals surface area contributed by atoms with Gasteiger partial charge in [0, 0.05) is 12.2 Å². The number of benzene rings is 2. The number of hydrogen-bond donors (Lipinski definition) is 2. The highest BCUT2D eigenvalue weighted by Crippen LogP contribution is 2.27. The minimum atomic E-state index is -0.329. The molecule has 0 saturated heterocycles. The van der Waals surface area contributed by atoms with Crippen molar-refractivity contribution in [1.29, 1.82) is 0 Å². The predicted molar refractivity (Wildman–Crippen MR) is 91.4 cm³/mol. The molecular formula is C18H21FN2O3. The van der Waals surface area contributed by atoms with Gasteiger partial charge >= 0.3 is 6.03 Å². The molecule has 6 heteroatoms. The van der Waals surface area contributed by atoms with Crippen LogP contribution in [0.25, 0.3) is 0 Å². The zero-order valence-electron chi connectivity index (χ0n) is 14.0. The first-order valence-corrected chi connectivity index (χ1v) is 7.55. The zero-order chi connectivity index (χ0) is 17.5. The second-order valence-corrected chi connectivity index (χ2v) is 5.28. The number of nitrogens with one attached hydrogen (secondary N) is 2. The third kappa shape index (κ3) is 4.62. The van der Waals surface area contributed by atoms with Crippen LogP contribution >= 0.6 is 0 Å². The molecule has 0 aliphatic rings. The molecule has 24 heavy (non-hydrogen) atoms. The van der Waals surface area contributed by atoms with Gasteiger partial charge in [0.1, 0.15) is 5.82 Å². The maximum atomic E-state index is 13.0.